The van der Waals surface area contributed by atoms with Gasteiger partial charge in [-0.15, -0.1) is 24.0 Å². The maximum atomic E-state index is 4.68. The molecule has 0 spiro atoms. The molecule has 0 amide bonds. The topological polar surface area (TPSA) is 54.2 Å². The zero-order chi connectivity index (χ0) is 17.5. The molecular weight excluding hydrogens is 425 g/mol. The van der Waals surface area contributed by atoms with Crippen LogP contribution in [0.1, 0.15) is 45.9 Å². The Morgan fingerprint density at radius 2 is 1.92 bits per heavy atom. The lowest BCUT2D eigenvalue weighted by Gasteiger charge is -2.18. The molecule has 6 heteroatoms. The summed E-state index contributed by atoms with van der Waals surface area (Å²) in [6.07, 6.45) is 3.68. The molecule has 2 aromatic rings. The number of hydrogen-bond acceptors (Lipinski definition) is 2. The highest BCUT2D eigenvalue weighted by Crippen LogP contribution is 2.14. The molecule has 0 aliphatic rings. The predicted octanol–water partition coefficient (Wildman–Crippen LogP) is 4.07. The standard InChI is InChI=1S/C19H31N5.HI/c1-14(2)9-8-10-15(3)22-19(20-4)21-13-18-23-16-11-6-7-12-17(16)24(18)5;/h6-7,11-12,14-15H,8-10,13H2,1-5H3,(H2,20,21,22);1H. The van der Waals surface area contributed by atoms with Gasteiger partial charge in [0.25, 0.3) is 0 Å². The molecular formula is C19H32IN5. The summed E-state index contributed by atoms with van der Waals surface area (Å²) in [4.78, 5) is 9.01. The highest BCUT2D eigenvalue weighted by Gasteiger charge is 2.09. The maximum absolute atomic E-state index is 4.68. The van der Waals surface area contributed by atoms with Crippen LogP contribution in [0.3, 0.4) is 0 Å². The van der Waals surface area contributed by atoms with E-state index in [0.717, 1.165) is 35.2 Å². The highest BCUT2D eigenvalue weighted by molar-refractivity contribution is 14.0. The van der Waals surface area contributed by atoms with Gasteiger partial charge in [0.2, 0.25) is 0 Å². The molecule has 0 fully saturated rings. The van der Waals surface area contributed by atoms with E-state index in [1.165, 1.54) is 12.8 Å². The average molecular weight is 457 g/mol. The summed E-state index contributed by atoms with van der Waals surface area (Å²) >= 11 is 0. The van der Waals surface area contributed by atoms with E-state index >= 15 is 0 Å². The fraction of sp³-hybridized carbons (Fsp3) is 0.579. The van der Waals surface area contributed by atoms with E-state index in [9.17, 15) is 0 Å². The minimum atomic E-state index is 0. The van der Waals surface area contributed by atoms with Crippen molar-refractivity contribution in [2.24, 2.45) is 18.0 Å². The first-order valence-electron chi connectivity index (χ1n) is 8.88. The van der Waals surface area contributed by atoms with Gasteiger partial charge in [0.05, 0.1) is 17.6 Å². The van der Waals surface area contributed by atoms with E-state index < -0.39 is 0 Å². The van der Waals surface area contributed by atoms with Crippen LogP contribution in [0.4, 0.5) is 0 Å². The summed E-state index contributed by atoms with van der Waals surface area (Å²) < 4.78 is 2.13. The van der Waals surface area contributed by atoms with Crippen LogP contribution in [-0.4, -0.2) is 28.6 Å². The first-order chi connectivity index (χ1) is 11.5. The molecule has 5 nitrogen and oxygen atoms in total. The van der Waals surface area contributed by atoms with Crippen molar-refractivity contribution in [2.45, 2.75) is 52.6 Å². The van der Waals surface area contributed by atoms with E-state index in [1.807, 2.05) is 25.2 Å². The van der Waals surface area contributed by atoms with E-state index in [-0.39, 0.29) is 24.0 Å². The Bertz CT molecular complexity index is 678. The Kier molecular flexibility index (Phi) is 9.24. The van der Waals surface area contributed by atoms with Crippen molar-refractivity contribution < 1.29 is 0 Å². The number of fused-ring (bicyclic) bond motifs is 1. The molecule has 0 aliphatic carbocycles. The second-order valence-electron chi connectivity index (χ2n) is 6.87. The normalized spacial score (nSPS) is 13.0. The van der Waals surface area contributed by atoms with Crippen molar-refractivity contribution in [1.29, 1.82) is 0 Å². The van der Waals surface area contributed by atoms with Gasteiger partial charge in [-0.25, -0.2) is 4.98 Å². The third-order valence-corrected chi connectivity index (χ3v) is 4.32. The lowest BCUT2D eigenvalue weighted by atomic mass is 10.0. The molecule has 1 atom stereocenters. The molecule has 2 N–H and O–H groups in total. The lowest BCUT2D eigenvalue weighted by Crippen LogP contribution is -2.42. The molecule has 0 aliphatic heterocycles. The van der Waals surface area contributed by atoms with Crippen molar-refractivity contribution in [1.82, 2.24) is 20.2 Å². The Morgan fingerprint density at radius 1 is 1.20 bits per heavy atom. The highest BCUT2D eigenvalue weighted by atomic mass is 127. The number of halogens is 1. The van der Waals surface area contributed by atoms with E-state index in [0.29, 0.717) is 12.6 Å². The zero-order valence-corrected chi connectivity index (χ0v) is 18.4. The molecule has 1 heterocycles. The smallest absolute Gasteiger partial charge is 0.191 e. The number of benzene rings is 1. The third kappa shape index (κ3) is 6.49. The van der Waals surface area contributed by atoms with E-state index in [1.54, 1.807) is 0 Å². The van der Waals surface area contributed by atoms with Gasteiger partial charge in [0.15, 0.2) is 5.96 Å². The molecule has 1 aromatic heterocycles. The van der Waals surface area contributed by atoms with Crippen LogP contribution in [0.25, 0.3) is 11.0 Å². The number of rotatable bonds is 7. The van der Waals surface area contributed by atoms with Gasteiger partial charge in [0, 0.05) is 20.1 Å². The molecule has 0 saturated carbocycles. The number of imidazole rings is 1. The number of aryl methyl sites for hydroxylation is 1. The second kappa shape index (κ2) is 10.6. The zero-order valence-electron chi connectivity index (χ0n) is 16.0. The second-order valence-corrected chi connectivity index (χ2v) is 6.87. The first kappa shape index (κ1) is 21.7. The monoisotopic (exact) mass is 457 g/mol. The largest absolute Gasteiger partial charge is 0.354 e. The van der Waals surface area contributed by atoms with Crippen LogP contribution in [0.5, 0.6) is 0 Å². The van der Waals surface area contributed by atoms with Crippen LogP contribution in [0.15, 0.2) is 29.3 Å². The van der Waals surface area contributed by atoms with Crippen molar-refractivity contribution in [2.75, 3.05) is 7.05 Å². The van der Waals surface area contributed by atoms with Gasteiger partial charge in [-0.3, -0.25) is 4.99 Å². The van der Waals surface area contributed by atoms with Crippen molar-refractivity contribution in [3.8, 4) is 0 Å². The molecule has 140 valence electrons. The maximum Gasteiger partial charge on any atom is 0.191 e. The SMILES string of the molecule is CN=C(NCc1nc2ccccc2n1C)NC(C)CCCC(C)C.I. The number of nitrogens with zero attached hydrogens (tertiary/aromatic N) is 3. The molecule has 1 aromatic carbocycles. The Balaban J connectivity index is 0.00000312. The molecule has 0 radical (unpaired) electrons. The molecule has 2 rings (SSSR count). The predicted molar refractivity (Wildman–Crippen MR) is 118 cm³/mol. The molecule has 25 heavy (non-hydrogen) atoms. The van der Waals surface area contributed by atoms with Gasteiger partial charge in [-0.1, -0.05) is 38.8 Å². The van der Waals surface area contributed by atoms with Crippen molar-refractivity contribution >= 4 is 41.0 Å². The third-order valence-electron chi connectivity index (χ3n) is 4.32. The van der Waals surface area contributed by atoms with Gasteiger partial charge in [-0.05, 0) is 31.4 Å². The number of hydrogen-bond donors (Lipinski definition) is 2. The summed E-state index contributed by atoms with van der Waals surface area (Å²) in [6.45, 7) is 7.41. The van der Waals surface area contributed by atoms with E-state index in [2.05, 4.69) is 59.1 Å². The molecule has 1 unspecified atom stereocenters. The van der Waals surface area contributed by atoms with Gasteiger partial charge in [-0.2, -0.15) is 0 Å². The van der Waals surface area contributed by atoms with Crippen LogP contribution in [0.2, 0.25) is 0 Å². The number of nitrogens with one attached hydrogen (secondary N) is 2. The van der Waals surface area contributed by atoms with Crippen molar-refractivity contribution in [3.05, 3.63) is 30.1 Å². The van der Waals surface area contributed by atoms with E-state index in [4.69, 9.17) is 0 Å². The lowest BCUT2D eigenvalue weighted by molar-refractivity contribution is 0.491. The van der Waals surface area contributed by atoms with Gasteiger partial charge in [0.1, 0.15) is 5.82 Å². The summed E-state index contributed by atoms with van der Waals surface area (Å²) in [5.74, 6) is 2.61. The number of aliphatic imine (C=N–C) groups is 1. The van der Waals surface area contributed by atoms with Crippen LogP contribution in [-0.2, 0) is 13.6 Å². The minimum Gasteiger partial charge on any atom is -0.354 e. The minimum absolute atomic E-state index is 0. The first-order valence-corrected chi connectivity index (χ1v) is 8.88. The molecule has 0 saturated heterocycles. The summed E-state index contributed by atoms with van der Waals surface area (Å²) in [5.41, 5.74) is 2.18. The fourth-order valence-corrected chi connectivity index (χ4v) is 2.85. The Morgan fingerprint density at radius 3 is 2.56 bits per heavy atom. The summed E-state index contributed by atoms with van der Waals surface area (Å²) in [6, 6.07) is 8.61. The number of aromatic nitrogens is 2. The number of guanidine groups is 1. The Labute approximate surface area is 168 Å². The average Bonchev–Trinajstić information content (AvgIpc) is 2.87. The van der Waals surface area contributed by atoms with Crippen LogP contribution >= 0.6 is 24.0 Å². The quantitative estimate of drug-likeness (QED) is 0.375. The van der Waals surface area contributed by atoms with Gasteiger partial charge >= 0.3 is 0 Å². The summed E-state index contributed by atoms with van der Waals surface area (Å²) in [7, 11) is 3.86. The van der Waals surface area contributed by atoms with Crippen LogP contribution < -0.4 is 10.6 Å². The Hall–Kier alpha value is -1.31. The molecule has 0 bridgehead atoms. The number of para-hydroxylation sites is 2. The van der Waals surface area contributed by atoms with Crippen LogP contribution in [0, 0.1) is 5.92 Å². The van der Waals surface area contributed by atoms with Crippen molar-refractivity contribution in [3.63, 3.8) is 0 Å². The van der Waals surface area contributed by atoms with Gasteiger partial charge < -0.3 is 15.2 Å². The fourth-order valence-electron chi connectivity index (χ4n) is 2.85. The summed E-state index contributed by atoms with van der Waals surface area (Å²) in [5, 5.41) is 6.84.